The van der Waals surface area contributed by atoms with E-state index in [1.165, 1.54) is 11.1 Å². The Bertz CT molecular complexity index is 539. The maximum absolute atomic E-state index is 5.78. The van der Waals surface area contributed by atoms with Gasteiger partial charge in [0.25, 0.3) is 0 Å². The van der Waals surface area contributed by atoms with Crippen molar-refractivity contribution in [2.45, 2.75) is 19.4 Å². The van der Waals surface area contributed by atoms with Gasteiger partial charge in [0.1, 0.15) is 12.4 Å². The monoisotopic (exact) mass is 333 g/mol. The van der Waals surface area contributed by atoms with Crippen LogP contribution in [0.2, 0.25) is 0 Å². The molecule has 20 heavy (non-hydrogen) atoms. The quantitative estimate of drug-likeness (QED) is 0.848. The summed E-state index contributed by atoms with van der Waals surface area (Å²) < 4.78 is 6.81. The van der Waals surface area contributed by atoms with Gasteiger partial charge < -0.3 is 10.1 Å². The van der Waals surface area contributed by atoms with Crippen LogP contribution in [0.3, 0.4) is 0 Å². The summed E-state index contributed by atoms with van der Waals surface area (Å²) >= 11 is 3.44. The molecule has 1 N–H and O–H groups in total. The molecule has 0 amide bonds. The van der Waals surface area contributed by atoms with Gasteiger partial charge in [-0.05, 0) is 42.3 Å². The van der Waals surface area contributed by atoms with E-state index in [0.29, 0.717) is 12.5 Å². The lowest BCUT2D eigenvalue weighted by Crippen LogP contribution is -2.14. The summed E-state index contributed by atoms with van der Waals surface area (Å²) in [5.41, 5.74) is 2.54. The summed E-state index contributed by atoms with van der Waals surface area (Å²) in [6.45, 7) is 3.81. The van der Waals surface area contributed by atoms with Crippen LogP contribution in [-0.2, 0) is 6.61 Å². The number of benzene rings is 2. The Morgan fingerprint density at radius 2 is 1.90 bits per heavy atom. The fourth-order valence-electron chi connectivity index (χ4n) is 2.09. The molecule has 0 fully saturated rings. The van der Waals surface area contributed by atoms with Crippen LogP contribution in [0.15, 0.2) is 53.0 Å². The van der Waals surface area contributed by atoms with Crippen LogP contribution in [-0.4, -0.2) is 13.6 Å². The molecule has 0 radical (unpaired) electrons. The zero-order chi connectivity index (χ0) is 14.4. The van der Waals surface area contributed by atoms with Crippen LogP contribution in [0.1, 0.15) is 24.0 Å². The fraction of sp³-hybridized carbons (Fsp3) is 0.294. The number of ether oxygens (including phenoxy) is 1. The van der Waals surface area contributed by atoms with E-state index >= 15 is 0 Å². The van der Waals surface area contributed by atoms with Crippen molar-refractivity contribution < 1.29 is 4.74 Å². The molecule has 2 aromatic carbocycles. The van der Waals surface area contributed by atoms with E-state index < -0.39 is 0 Å². The molecular weight excluding hydrogens is 314 g/mol. The summed E-state index contributed by atoms with van der Waals surface area (Å²) in [4.78, 5) is 0. The number of rotatable bonds is 6. The van der Waals surface area contributed by atoms with E-state index in [1.54, 1.807) is 0 Å². The zero-order valence-electron chi connectivity index (χ0n) is 11.9. The van der Waals surface area contributed by atoms with Gasteiger partial charge in [-0.1, -0.05) is 53.2 Å². The molecule has 0 aliphatic carbocycles. The minimum atomic E-state index is 0.528. The molecule has 0 aromatic heterocycles. The largest absolute Gasteiger partial charge is 0.489 e. The molecule has 0 aliphatic rings. The van der Waals surface area contributed by atoms with Crippen LogP contribution in [0, 0.1) is 0 Å². The lowest BCUT2D eigenvalue weighted by Gasteiger charge is -2.12. The first-order valence-electron chi connectivity index (χ1n) is 6.81. The van der Waals surface area contributed by atoms with Crippen molar-refractivity contribution >= 4 is 15.9 Å². The molecule has 0 bridgehead atoms. The number of likely N-dealkylation sites (N-methyl/N-ethyl adjacent to an activating group) is 1. The van der Waals surface area contributed by atoms with E-state index in [9.17, 15) is 0 Å². The molecule has 3 heteroatoms. The summed E-state index contributed by atoms with van der Waals surface area (Å²) in [6.07, 6.45) is 0. The van der Waals surface area contributed by atoms with Crippen molar-refractivity contribution in [1.29, 1.82) is 0 Å². The van der Waals surface area contributed by atoms with Crippen LogP contribution < -0.4 is 10.1 Å². The fourth-order valence-corrected chi connectivity index (χ4v) is 2.47. The summed E-state index contributed by atoms with van der Waals surface area (Å²) in [7, 11) is 1.98. The second-order valence-corrected chi connectivity index (χ2v) is 5.86. The van der Waals surface area contributed by atoms with Gasteiger partial charge in [0.05, 0.1) is 0 Å². The van der Waals surface area contributed by atoms with Crippen molar-refractivity contribution in [3.63, 3.8) is 0 Å². The van der Waals surface area contributed by atoms with Crippen molar-refractivity contribution in [3.05, 3.63) is 64.1 Å². The molecule has 0 spiro atoms. The Hall–Kier alpha value is -1.32. The van der Waals surface area contributed by atoms with Gasteiger partial charge in [-0.15, -0.1) is 0 Å². The van der Waals surface area contributed by atoms with Crippen LogP contribution in [0.4, 0.5) is 0 Å². The average molecular weight is 334 g/mol. The molecule has 2 rings (SSSR count). The summed E-state index contributed by atoms with van der Waals surface area (Å²) in [5.74, 6) is 1.41. The molecule has 1 unspecified atom stereocenters. The Morgan fingerprint density at radius 3 is 2.55 bits per heavy atom. The van der Waals surface area contributed by atoms with Gasteiger partial charge in [-0.2, -0.15) is 0 Å². The van der Waals surface area contributed by atoms with Crippen LogP contribution in [0.25, 0.3) is 0 Å². The minimum absolute atomic E-state index is 0.528. The van der Waals surface area contributed by atoms with Gasteiger partial charge in [-0.25, -0.2) is 0 Å². The van der Waals surface area contributed by atoms with E-state index in [1.807, 2.05) is 31.3 Å². The Balaban J connectivity index is 1.94. The predicted octanol–water partition coefficient (Wildman–Crippen LogP) is 4.35. The Labute approximate surface area is 129 Å². The molecule has 1 atom stereocenters. The number of halogens is 1. The van der Waals surface area contributed by atoms with E-state index in [0.717, 1.165) is 16.8 Å². The standard InChI is InChI=1S/C17H20BrNO/c1-13(11-19-2)15-8-6-14(7-9-15)12-20-17-5-3-4-16(18)10-17/h3-10,13,19H,11-12H2,1-2H3. The Kier molecular flexibility index (Phi) is 5.62. The van der Waals surface area contributed by atoms with Crippen LogP contribution >= 0.6 is 15.9 Å². The normalized spacial score (nSPS) is 12.2. The predicted molar refractivity (Wildman–Crippen MR) is 87.3 cm³/mol. The number of nitrogens with one attached hydrogen (secondary N) is 1. The first kappa shape index (κ1) is 15.1. The van der Waals surface area contributed by atoms with Crippen molar-refractivity contribution in [2.24, 2.45) is 0 Å². The smallest absolute Gasteiger partial charge is 0.120 e. The first-order chi connectivity index (χ1) is 9.69. The third-order valence-corrected chi connectivity index (χ3v) is 3.75. The highest BCUT2D eigenvalue weighted by Crippen LogP contribution is 2.20. The highest BCUT2D eigenvalue weighted by molar-refractivity contribution is 9.10. The average Bonchev–Trinajstić information content (AvgIpc) is 2.46. The summed E-state index contributed by atoms with van der Waals surface area (Å²) in [6, 6.07) is 16.5. The van der Waals surface area contributed by atoms with Gasteiger partial charge in [0.15, 0.2) is 0 Å². The SMILES string of the molecule is CNCC(C)c1ccc(COc2cccc(Br)c2)cc1. The highest BCUT2D eigenvalue weighted by Gasteiger charge is 2.04. The third-order valence-electron chi connectivity index (χ3n) is 3.26. The molecule has 0 saturated heterocycles. The maximum Gasteiger partial charge on any atom is 0.120 e. The summed E-state index contributed by atoms with van der Waals surface area (Å²) in [5, 5.41) is 3.20. The minimum Gasteiger partial charge on any atom is -0.489 e. The van der Waals surface area contributed by atoms with Crippen molar-refractivity contribution in [2.75, 3.05) is 13.6 Å². The second-order valence-electron chi connectivity index (χ2n) is 4.95. The van der Waals surface area contributed by atoms with Gasteiger partial charge in [0, 0.05) is 11.0 Å². The maximum atomic E-state index is 5.78. The lowest BCUT2D eigenvalue weighted by atomic mass is 10.00. The van der Waals surface area contributed by atoms with Crippen molar-refractivity contribution in [1.82, 2.24) is 5.32 Å². The molecular formula is C17H20BrNO. The topological polar surface area (TPSA) is 21.3 Å². The molecule has 2 aromatic rings. The van der Waals surface area contributed by atoms with Gasteiger partial charge in [-0.3, -0.25) is 0 Å². The number of hydrogen-bond donors (Lipinski definition) is 1. The molecule has 2 nitrogen and oxygen atoms in total. The lowest BCUT2D eigenvalue weighted by molar-refractivity contribution is 0.306. The molecule has 0 aliphatic heterocycles. The zero-order valence-corrected chi connectivity index (χ0v) is 13.5. The van der Waals surface area contributed by atoms with Crippen molar-refractivity contribution in [3.8, 4) is 5.75 Å². The Morgan fingerprint density at radius 1 is 1.15 bits per heavy atom. The molecule has 106 valence electrons. The molecule has 0 saturated carbocycles. The van der Waals surface area contributed by atoms with E-state index in [2.05, 4.69) is 52.4 Å². The first-order valence-corrected chi connectivity index (χ1v) is 7.60. The molecule has 0 heterocycles. The van der Waals surface area contributed by atoms with Gasteiger partial charge >= 0.3 is 0 Å². The van der Waals surface area contributed by atoms with Gasteiger partial charge in [0.2, 0.25) is 0 Å². The third kappa shape index (κ3) is 4.36. The second kappa shape index (κ2) is 7.46. The highest BCUT2D eigenvalue weighted by atomic mass is 79.9. The number of hydrogen-bond acceptors (Lipinski definition) is 2. The van der Waals surface area contributed by atoms with E-state index in [-0.39, 0.29) is 0 Å². The van der Waals surface area contributed by atoms with E-state index in [4.69, 9.17) is 4.74 Å². The van der Waals surface area contributed by atoms with Crippen LogP contribution in [0.5, 0.6) is 5.75 Å².